The third-order valence-electron chi connectivity index (χ3n) is 5.16. The molecule has 0 spiro atoms. The summed E-state index contributed by atoms with van der Waals surface area (Å²) in [6, 6.07) is 19.5. The fourth-order valence-corrected chi connectivity index (χ4v) is 3.59. The van der Waals surface area contributed by atoms with Crippen LogP contribution in [0.5, 0.6) is 0 Å². The van der Waals surface area contributed by atoms with Crippen molar-refractivity contribution in [2.24, 2.45) is 16.6 Å². The van der Waals surface area contributed by atoms with Gasteiger partial charge in [0.25, 0.3) is 12.4 Å². The molecule has 2 aromatic carbocycles. The molecular formula is C21H23N3O3. The monoisotopic (exact) mass is 365 g/mol. The highest BCUT2D eigenvalue weighted by molar-refractivity contribution is 6.09. The predicted molar refractivity (Wildman–Crippen MR) is 103 cm³/mol. The molecule has 1 aliphatic carbocycles. The van der Waals surface area contributed by atoms with Crippen LogP contribution in [0.4, 0.5) is 0 Å². The fourth-order valence-electron chi connectivity index (χ4n) is 3.59. The average molecular weight is 365 g/mol. The van der Waals surface area contributed by atoms with Crippen LogP contribution >= 0.6 is 0 Å². The van der Waals surface area contributed by atoms with Crippen molar-refractivity contribution in [2.45, 2.75) is 24.8 Å². The third-order valence-corrected chi connectivity index (χ3v) is 5.16. The standard InChI is InChI=1S/C20H21N3O.CH2O2/c21-19-22-20(16-10-3-1-4-11-16,17-12-5-2-6-13-17)18(24)23(19)14-15-8-7-9-15;2-1-3/h1-6,10-13,15H,7-9,14H2,(H2,21,22);1H,(H,2,3). The maximum absolute atomic E-state index is 13.4. The number of guanidine groups is 1. The lowest BCUT2D eigenvalue weighted by Crippen LogP contribution is -2.46. The zero-order valence-electron chi connectivity index (χ0n) is 15.0. The van der Waals surface area contributed by atoms with Crippen LogP contribution in [0.1, 0.15) is 30.4 Å². The molecule has 2 aliphatic rings. The summed E-state index contributed by atoms with van der Waals surface area (Å²) < 4.78 is 0. The molecule has 140 valence electrons. The number of carboxylic acid groups (broad SMARTS) is 1. The van der Waals surface area contributed by atoms with E-state index in [1.165, 1.54) is 19.3 Å². The number of nitrogens with zero attached hydrogens (tertiary/aromatic N) is 2. The summed E-state index contributed by atoms with van der Waals surface area (Å²) in [6.07, 6.45) is 3.58. The maximum Gasteiger partial charge on any atom is 0.290 e. The first-order chi connectivity index (χ1) is 13.1. The molecule has 6 heteroatoms. The lowest BCUT2D eigenvalue weighted by molar-refractivity contribution is -0.131. The zero-order valence-corrected chi connectivity index (χ0v) is 15.0. The van der Waals surface area contributed by atoms with E-state index in [4.69, 9.17) is 20.6 Å². The van der Waals surface area contributed by atoms with Crippen molar-refractivity contribution in [3.8, 4) is 0 Å². The summed E-state index contributed by atoms with van der Waals surface area (Å²) in [6.45, 7) is 0.426. The van der Waals surface area contributed by atoms with Crippen molar-refractivity contribution in [1.29, 1.82) is 0 Å². The van der Waals surface area contributed by atoms with E-state index in [1.807, 2.05) is 60.7 Å². The molecule has 0 aromatic heterocycles. The van der Waals surface area contributed by atoms with E-state index in [1.54, 1.807) is 4.90 Å². The van der Waals surface area contributed by atoms with E-state index in [2.05, 4.69) is 0 Å². The molecule has 1 saturated carbocycles. The van der Waals surface area contributed by atoms with Crippen molar-refractivity contribution in [3.05, 3.63) is 71.8 Å². The largest absolute Gasteiger partial charge is 0.483 e. The Kier molecular flexibility index (Phi) is 5.54. The van der Waals surface area contributed by atoms with Gasteiger partial charge in [-0.15, -0.1) is 0 Å². The number of carbonyl (C=O) groups is 2. The molecule has 1 aliphatic heterocycles. The van der Waals surface area contributed by atoms with E-state index in [0.29, 0.717) is 18.4 Å². The molecule has 0 bridgehead atoms. The van der Waals surface area contributed by atoms with Crippen LogP contribution in [0.2, 0.25) is 0 Å². The number of rotatable bonds is 4. The number of hydrogen-bond acceptors (Lipinski definition) is 4. The molecule has 3 N–H and O–H groups in total. The van der Waals surface area contributed by atoms with Gasteiger partial charge in [0.15, 0.2) is 11.5 Å². The Bertz CT molecular complexity index is 778. The first kappa shape index (κ1) is 18.6. The Morgan fingerprint density at radius 2 is 1.56 bits per heavy atom. The molecule has 1 fully saturated rings. The number of amides is 1. The van der Waals surface area contributed by atoms with Crippen LogP contribution in [0.3, 0.4) is 0 Å². The van der Waals surface area contributed by atoms with Gasteiger partial charge in [0.05, 0.1) is 0 Å². The highest BCUT2D eigenvalue weighted by Gasteiger charge is 2.50. The van der Waals surface area contributed by atoms with Crippen molar-refractivity contribution in [3.63, 3.8) is 0 Å². The molecule has 0 saturated heterocycles. The first-order valence-corrected chi connectivity index (χ1v) is 8.99. The predicted octanol–water partition coefficient (Wildman–Crippen LogP) is 2.59. The summed E-state index contributed by atoms with van der Waals surface area (Å²) in [5, 5.41) is 6.89. The summed E-state index contributed by atoms with van der Waals surface area (Å²) in [4.78, 5) is 28.2. The Morgan fingerprint density at radius 1 is 1.07 bits per heavy atom. The van der Waals surface area contributed by atoms with Crippen LogP contribution in [-0.2, 0) is 15.1 Å². The SMILES string of the molecule is NC1=NC(c2ccccc2)(c2ccccc2)C(=O)N1CC1CCC1.O=CO. The van der Waals surface area contributed by atoms with Crippen molar-refractivity contribution in [2.75, 3.05) is 6.54 Å². The fraction of sp³-hybridized carbons (Fsp3) is 0.286. The molecule has 4 rings (SSSR count). The number of hydrogen-bond donors (Lipinski definition) is 2. The molecular weight excluding hydrogens is 342 g/mol. The van der Waals surface area contributed by atoms with E-state index in [0.717, 1.165) is 11.1 Å². The van der Waals surface area contributed by atoms with Gasteiger partial charge in [-0.25, -0.2) is 4.99 Å². The quantitative estimate of drug-likeness (QED) is 0.814. The Hall–Kier alpha value is -3.15. The smallest absolute Gasteiger partial charge is 0.290 e. The molecule has 1 amide bonds. The molecule has 0 radical (unpaired) electrons. The van der Waals surface area contributed by atoms with Gasteiger partial charge in [0, 0.05) is 6.54 Å². The minimum absolute atomic E-state index is 0.0377. The van der Waals surface area contributed by atoms with Gasteiger partial charge in [0.2, 0.25) is 0 Å². The van der Waals surface area contributed by atoms with Crippen LogP contribution in [0.15, 0.2) is 65.7 Å². The van der Waals surface area contributed by atoms with Crippen molar-refractivity contribution in [1.82, 2.24) is 4.90 Å². The summed E-state index contributed by atoms with van der Waals surface area (Å²) in [5.74, 6) is 0.842. The Labute approximate surface area is 158 Å². The van der Waals surface area contributed by atoms with Crippen molar-refractivity contribution >= 4 is 18.3 Å². The van der Waals surface area contributed by atoms with Gasteiger partial charge in [-0.2, -0.15) is 0 Å². The topological polar surface area (TPSA) is 96.0 Å². The molecule has 0 unspecified atom stereocenters. The molecule has 2 aromatic rings. The molecule has 6 nitrogen and oxygen atoms in total. The second kappa shape index (κ2) is 8.03. The van der Waals surface area contributed by atoms with Gasteiger partial charge in [0.1, 0.15) is 0 Å². The van der Waals surface area contributed by atoms with Crippen LogP contribution < -0.4 is 5.73 Å². The van der Waals surface area contributed by atoms with Crippen LogP contribution in [-0.4, -0.2) is 34.9 Å². The van der Waals surface area contributed by atoms with Crippen molar-refractivity contribution < 1.29 is 14.7 Å². The number of nitrogens with two attached hydrogens (primary N) is 1. The van der Waals surface area contributed by atoms with Gasteiger partial charge in [-0.1, -0.05) is 67.1 Å². The zero-order chi connectivity index (χ0) is 19.3. The Balaban J connectivity index is 0.000000659. The van der Waals surface area contributed by atoms with E-state index in [-0.39, 0.29) is 12.4 Å². The number of aliphatic imine (C=N–C) groups is 1. The normalized spacial score (nSPS) is 18.1. The maximum atomic E-state index is 13.4. The second-order valence-electron chi connectivity index (χ2n) is 6.73. The number of benzene rings is 2. The first-order valence-electron chi connectivity index (χ1n) is 8.99. The molecule has 27 heavy (non-hydrogen) atoms. The highest BCUT2D eigenvalue weighted by Crippen LogP contribution is 2.40. The molecule has 1 heterocycles. The van der Waals surface area contributed by atoms with Gasteiger partial charge >= 0.3 is 0 Å². The van der Waals surface area contributed by atoms with Gasteiger partial charge < -0.3 is 10.8 Å². The van der Waals surface area contributed by atoms with Gasteiger partial charge in [-0.3, -0.25) is 14.5 Å². The van der Waals surface area contributed by atoms with E-state index in [9.17, 15) is 4.79 Å². The minimum Gasteiger partial charge on any atom is -0.483 e. The average Bonchev–Trinajstić information content (AvgIpc) is 2.92. The van der Waals surface area contributed by atoms with Gasteiger partial charge in [-0.05, 0) is 29.9 Å². The number of carbonyl (C=O) groups excluding carboxylic acids is 1. The van der Waals surface area contributed by atoms with E-state index >= 15 is 0 Å². The summed E-state index contributed by atoms with van der Waals surface area (Å²) >= 11 is 0. The van der Waals surface area contributed by atoms with Crippen LogP contribution in [0.25, 0.3) is 0 Å². The lowest BCUT2D eigenvalue weighted by atomic mass is 9.82. The molecule has 0 atom stereocenters. The highest BCUT2D eigenvalue weighted by atomic mass is 16.3. The third kappa shape index (κ3) is 3.43. The summed E-state index contributed by atoms with van der Waals surface area (Å²) in [5.41, 5.74) is 6.87. The lowest BCUT2D eigenvalue weighted by Gasteiger charge is -2.32. The van der Waals surface area contributed by atoms with E-state index < -0.39 is 5.54 Å². The summed E-state index contributed by atoms with van der Waals surface area (Å²) in [7, 11) is 0. The van der Waals surface area contributed by atoms with Crippen LogP contribution in [0, 0.1) is 5.92 Å². The second-order valence-corrected chi connectivity index (χ2v) is 6.73. The Morgan fingerprint density at radius 3 is 1.96 bits per heavy atom. The minimum atomic E-state index is -1.06.